The van der Waals surface area contributed by atoms with E-state index < -0.39 is 29.0 Å². The molecule has 8 heteroatoms. The lowest BCUT2D eigenvalue weighted by Gasteiger charge is -2.11. The fourth-order valence-corrected chi connectivity index (χ4v) is 3.74. The summed E-state index contributed by atoms with van der Waals surface area (Å²) in [6.07, 6.45) is 0. The van der Waals surface area contributed by atoms with Gasteiger partial charge in [0.05, 0.1) is 21.7 Å². The molecule has 0 aliphatic heterocycles. The quantitative estimate of drug-likeness (QED) is 0.144. The van der Waals surface area contributed by atoms with Gasteiger partial charge in [-0.3, -0.25) is 14.9 Å². The molecule has 0 spiro atoms. The number of hydrogen-bond donors (Lipinski definition) is 0. The lowest BCUT2D eigenvalue weighted by atomic mass is 10.0. The number of esters is 1. The van der Waals surface area contributed by atoms with E-state index >= 15 is 0 Å². The van der Waals surface area contributed by atoms with E-state index in [0.717, 1.165) is 22.8 Å². The average Bonchev–Trinajstić information content (AvgIpc) is 2.82. The number of para-hydroxylation sites is 1. The highest BCUT2D eigenvalue weighted by molar-refractivity contribution is 6.32. The molecule has 34 heavy (non-hydrogen) atoms. The number of benzene rings is 3. The second kappa shape index (κ2) is 9.41. The number of halogens is 1. The number of aryl methyl sites for hydroxylation is 2. The predicted molar refractivity (Wildman–Crippen MR) is 129 cm³/mol. The number of ketones is 1. The fraction of sp³-hybridized carbons (Fsp3) is 0.115. The lowest BCUT2D eigenvalue weighted by Crippen LogP contribution is -2.15. The van der Waals surface area contributed by atoms with E-state index in [2.05, 4.69) is 0 Å². The largest absolute Gasteiger partial charge is 0.454 e. The number of nitrogens with zero attached hydrogens (tertiary/aromatic N) is 2. The van der Waals surface area contributed by atoms with E-state index in [4.69, 9.17) is 21.3 Å². The first-order chi connectivity index (χ1) is 16.2. The molecule has 0 N–H and O–H groups in total. The Hall–Kier alpha value is -4.10. The number of ether oxygens (including phenoxy) is 1. The van der Waals surface area contributed by atoms with Crippen LogP contribution in [0.4, 0.5) is 5.69 Å². The Morgan fingerprint density at radius 2 is 1.76 bits per heavy atom. The summed E-state index contributed by atoms with van der Waals surface area (Å²) in [5, 5.41) is 11.6. The van der Waals surface area contributed by atoms with Gasteiger partial charge in [0.1, 0.15) is 5.02 Å². The molecule has 0 atom stereocenters. The van der Waals surface area contributed by atoms with Crippen molar-refractivity contribution in [3.8, 4) is 11.3 Å². The number of hydrogen-bond acceptors (Lipinski definition) is 6. The Kier molecular flexibility index (Phi) is 6.38. The molecular formula is C26H19ClN2O5. The van der Waals surface area contributed by atoms with Gasteiger partial charge in [-0.15, -0.1) is 0 Å². The molecule has 0 fully saturated rings. The third kappa shape index (κ3) is 4.65. The van der Waals surface area contributed by atoms with Crippen LogP contribution in [0.1, 0.15) is 31.8 Å². The van der Waals surface area contributed by atoms with Gasteiger partial charge in [-0.25, -0.2) is 9.78 Å². The third-order valence-corrected chi connectivity index (χ3v) is 5.73. The number of nitro groups is 1. The van der Waals surface area contributed by atoms with E-state index in [1.165, 1.54) is 12.1 Å². The third-order valence-electron chi connectivity index (χ3n) is 5.41. The zero-order valence-electron chi connectivity index (χ0n) is 18.4. The number of carbonyl (C=O) groups is 2. The number of pyridine rings is 1. The summed E-state index contributed by atoms with van der Waals surface area (Å²) < 4.78 is 5.31. The first kappa shape index (κ1) is 23.1. The summed E-state index contributed by atoms with van der Waals surface area (Å²) in [7, 11) is 0. The van der Waals surface area contributed by atoms with Crippen LogP contribution in [0.5, 0.6) is 0 Å². The SMILES string of the molecule is Cc1ccc(-c2cc(C(=O)OCC(=O)c3ccc(Cl)c([N+](=O)[O-])c3)c3cccc(C)c3n2)cc1. The molecule has 7 nitrogen and oxygen atoms in total. The number of nitro benzene ring substituents is 1. The maximum atomic E-state index is 13.0. The summed E-state index contributed by atoms with van der Waals surface area (Å²) in [6, 6.07) is 18.6. The Bertz CT molecular complexity index is 1450. The average molecular weight is 475 g/mol. The van der Waals surface area contributed by atoms with Crippen molar-refractivity contribution in [2.75, 3.05) is 6.61 Å². The number of carbonyl (C=O) groups excluding carboxylic acids is 2. The Labute approximate surface area is 200 Å². The van der Waals surface area contributed by atoms with Crippen molar-refractivity contribution < 1.29 is 19.2 Å². The molecule has 0 radical (unpaired) electrons. The molecule has 3 aromatic carbocycles. The minimum atomic E-state index is -0.692. The standard InChI is InChI=1S/C26H19ClN2O5/c1-15-6-8-17(9-7-15)22-13-20(19-5-3-4-16(2)25(19)28-22)26(31)34-14-24(30)18-10-11-21(27)23(12-18)29(32)33/h3-13H,14H2,1-2H3. The summed E-state index contributed by atoms with van der Waals surface area (Å²) in [5.41, 5.74) is 4.01. The van der Waals surface area contributed by atoms with Gasteiger partial charge in [0.25, 0.3) is 5.69 Å². The second-order valence-corrected chi connectivity index (χ2v) is 8.22. The Morgan fingerprint density at radius 1 is 1.03 bits per heavy atom. The van der Waals surface area contributed by atoms with Crippen molar-refractivity contribution in [3.63, 3.8) is 0 Å². The molecule has 0 aliphatic carbocycles. The van der Waals surface area contributed by atoms with Crippen molar-refractivity contribution >= 4 is 39.9 Å². The smallest absolute Gasteiger partial charge is 0.339 e. The van der Waals surface area contributed by atoms with Gasteiger partial charge < -0.3 is 4.74 Å². The van der Waals surface area contributed by atoms with E-state index in [-0.39, 0.29) is 16.1 Å². The van der Waals surface area contributed by atoms with Gasteiger partial charge in [-0.1, -0.05) is 59.6 Å². The number of fused-ring (bicyclic) bond motifs is 1. The minimum absolute atomic E-state index is 0.0275. The van der Waals surface area contributed by atoms with Crippen LogP contribution in [0.15, 0.2) is 66.7 Å². The molecule has 0 amide bonds. The molecule has 170 valence electrons. The van der Waals surface area contributed by atoms with Gasteiger partial charge in [-0.2, -0.15) is 0 Å². The summed E-state index contributed by atoms with van der Waals surface area (Å²) in [5.74, 6) is -1.27. The Balaban J connectivity index is 1.65. The molecule has 1 aromatic heterocycles. The highest BCUT2D eigenvalue weighted by Crippen LogP contribution is 2.28. The molecular weight excluding hydrogens is 456 g/mol. The van der Waals surface area contributed by atoms with Crippen molar-refractivity contribution in [2.24, 2.45) is 0 Å². The first-order valence-corrected chi connectivity index (χ1v) is 10.7. The normalized spacial score (nSPS) is 10.8. The van der Waals surface area contributed by atoms with E-state index in [9.17, 15) is 19.7 Å². The fourth-order valence-electron chi connectivity index (χ4n) is 3.55. The Morgan fingerprint density at radius 3 is 2.47 bits per heavy atom. The zero-order chi connectivity index (χ0) is 24.4. The lowest BCUT2D eigenvalue weighted by molar-refractivity contribution is -0.384. The molecule has 4 aromatic rings. The summed E-state index contributed by atoms with van der Waals surface area (Å²) >= 11 is 5.80. The van der Waals surface area contributed by atoms with Crippen molar-refractivity contribution in [2.45, 2.75) is 13.8 Å². The van der Waals surface area contributed by atoms with E-state index in [1.54, 1.807) is 12.1 Å². The van der Waals surface area contributed by atoms with Gasteiger partial charge in [0.15, 0.2) is 6.61 Å². The van der Waals surface area contributed by atoms with Gasteiger partial charge >= 0.3 is 5.97 Å². The number of aromatic nitrogens is 1. The maximum absolute atomic E-state index is 13.0. The molecule has 4 rings (SSSR count). The van der Waals surface area contributed by atoms with Crippen LogP contribution < -0.4 is 0 Å². The molecule has 0 aliphatic rings. The number of rotatable bonds is 6. The molecule has 0 saturated carbocycles. The van der Waals surface area contributed by atoms with Crippen molar-refractivity contribution in [1.29, 1.82) is 0 Å². The van der Waals surface area contributed by atoms with Crippen LogP contribution in [0, 0.1) is 24.0 Å². The van der Waals surface area contributed by atoms with Crippen LogP contribution in [0.2, 0.25) is 5.02 Å². The molecule has 0 saturated heterocycles. The molecule has 0 bridgehead atoms. The first-order valence-electron chi connectivity index (χ1n) is 10.4. The highest BCUT2D eigenvalue weighted by atomic mass is 35.5. The van der Waals surface area contributed by atoms with Gasteiger partial charge in [-0.05, 0) is 37.6 Å². The van der Waals surface area contributed by atoms with Crippen LogP contribution >= 0.6 is 11.6 Å². The minimum Gasteiger partial charge on any atom is -0.454 e. The van der Waals surface area contributed by atoms with Crippen LogP contribution in [-0.4, -0.2) is 28.3 Å². The maximum Gasteiger partial charge on any atom is 0.339 e. The second-order valence-electron chi connectivity index (χ2n) is 7.81. The topological polar surface area (TPSA) is 99.4 Å². The van der Waals surface area contributed by atoms with Crippen LogP contribution in [0.3, 0.4) is 0 Å². The van der Waals surface area contributed by atoms with Gasteiger partial charge in [0, 0.05) is 22.6 Å². The monoisotopic (exact) mass is 474 g/mol. The van der Waals surface area contributed by atoms with E-state index in [1.807, 2.05) is 50.2 Å². The number of Topliss-reactive ketones (excluding diaryl/α,β-unsaturated/α-hetero) is 1. The zero-order valence-corrected chi connectivity index (χ0v) is 19.1. The molecule has 0 unspecified atom stereocenters. The van der Waals surface area contributed by atoms with Crippen molar-refractivity contribution in [3.05, 3.63) is 104 Å². The van der Waals surface area contributed by atoms with Crippen LogP contribution in [0.25, 0.3) is 22.2 Å². The van der Waals surface area contributed by atoms with Crippen molar-refractivity contribution in [1.82, 2.24) is 4.98 Å². The summed E-state index contributed by atoms with van der Waals surface area (Å²) in [6.45, 7) is 3.31. The molecule has 1 heterocycles. The van der Waals surface area contributed by atoms with Gasteiger partial charge in [0.2, 0.25) is 5.78 Å². The predicted octanol–water partition coefficient (Wildman–Crippen LogP) is 6.12. The van der Waals surface area contributed by atoms with E-state index in [0.29, 0.717) is 16.6 Å². The highest BCUT2D eigenvalue weighted by Gasteiger charge is 2.20. The van der Waals surface area contributed by atoms with Crippen LogP contribution in [-0.2, 0) is 4.74 Å². The summed E-state index contributed by atoms with van der Waals surface area (Å²) in [4.78, 5) is 40.7.